The molecule has 0 aromatic heterocycles. The molecule has 3 heteroatoms. The van der Waals surface area contributed by atoms with Crippen molar-refractivity contribution in [2.45, 2.75) is 0 Å². The zero-order valence-electron chi connectivity index (χ0n) is 5.30. The maximum atomic E-state index is 5.27. The summed E-state index contributed by atoms with van der Waals surface area (Å²) in [5.74, 6) is 1.69. The van der Waals surface area contributed by atoms with Crippen molar-refractivity contribution in [2.75, 3.05) is 26.3 Å². The van der Waals surface area contributed by atoms with Crippen LogP contribution in [0.3, 0.4) is 0 Å². The molecule has 2 heterocycles. The molecule has 0 radical (unpaired) electrons. The van der Waals surface area contributed by atoms with Gasteiger partial charge < -0.3 is 10.1 Å². The predicted octanol–water partition coefficient (Wildman–Crippen LogP) is 0.274. The summed E-state index contributed by atoms with van der Waals surface area (Å²) in [7, 11) is 0. The molecule has 0 spiro atoms. The molecule has 1 N–H and O–H groups in total. The van der Waals surface area contributed by atoms with Crippen molar-refractivity contribution in [1.82, 2.24) is 5.32 Å². The highest BCUT2D eigenvalue weighted by Crippen LogP contribution is 2.22. The number of hydrogen-bond acceptors (Lipinski definition) is 2. The van der Waals surface area contributed by atoms with Gasteiger partial charge in [0.05, 0.1) is 13.2 Å². The molecule has 0 aromatic carbocycles. The molecule has 2 atom stereocenters. The maximum absolute atomic E-state index is 5.27. The quantitative estimate of drug-likeness (QED) is 0.534. The Morgan fingerprint density at radius 2 is 1.67 bits per heavy atom. The van der Waals surface area contributed by atoms with Crippen LogP contribution in [-0.2, 0) is 4.74 Å². The lowest BCUT2D eigenvalue weighted by molar-refractivity contribution is 0.175. The lowest BCUT2D eigenvalue weighted by Crippen LogP contribution is -2.11. The van der Waals surface area contributed by atoms with Crippen LogP contribution in [0.2, 0.25) is 0 Å². The van der Waals surface area contributed by atoms with Crippen molar-refractivity contribution in [1.29, 1.82) is 0 Å². The monoisotopic (exact) mass is 149 g/mol. The Kier molecular flexibility index (Phi) is 2.33. The highest BCUT2D eigenvalue weighted by Gasteiger charge is 2.31. The van der Waals surface area contributed by atoms with E-state index < -0.39 is 0 Å². The van der Waals surface area contributed by atoms with E-state index in [-0.39, 0.29) is 12.4 Å². The topological polar surface area (TPSA) is 21.3 Å². The van der Waals surface area contributed by atoms with E-state index in [0.717, 1.165) is 25.0 Å². The molecule has 9 heavy (non-hydrogen) atoms. The third kappa shape index (κ3) is 1.20. The van der Waals surface area contributed by atoms with Gasteiger partial charge in [-0.15, -0.1) is 12.4 Å². The van der Waals surface area contributed by atoms with Crippen molar-refractivity contribution < 1.29 is 4.74 Å². The molecule has 1 unspecified atom stereocenters. The van der Waals surface area contributed by atoms with E-state index in [1.54, 1.807) is 0 Å². The summed E-state index contributed by atoms with van der Waals surface area (Å²) in [6.07, 6.45) is 0. The Hall–Kier alpha value is 0.210. The van der Waals surface area contributed by atoms with Crippen LogP contribution in [0, 0.1) is 11.8 Å². The van der Waals surface area contributed by atoms with E-state index in [9.17, 15) is 0 Å². The first kappa shape index (κ1) is 7.32. The number of halogens is 1. The Bertz CT molecular complexity index is 79.1. The smallest absolute Gasteiger partial charge is 0.0510 e. The van der Waals surface area contributed by atoms with E-state index in [4.69, 9.17) is 4.74 Å². The van der Waals surface area contributed by atoms with E-state index >= 15 is 0 Å². The molecule has 0 bridgehead atoms. The molecular weight excluding hydrogens is 138 g/mol. The van der Waals surface area contributed by atoms with Crippen LogP contribution in [0.15, 0.2) is 0 Å². The Balaban J connectivity index is 0.000000405. The van der Waals surface area contributed by atoms with Crippen molar-refractivity contribution in [3.8, 4) is 0 Å². The normalized spacial score (nSPS) is 40.0. The van der Waals surface area contributed by atoms with Crippen LogP contribution in [0.4, 0.5) is 0 Å². The average Bonchev–Trinajstić information content (AvgIpc) is 2.15. The predicted molar refractivity (Wildman–Crippen MR) is 37.9 cm³/mol. The van der Waals surface area contributed by atoms with Gasteiger partial charge in [0.2, 0.25) is 0 Å². The van der Waals surface area contributed by atoms with Crippen molar-refractivity contribution in [2.24, 2.45) is 11.8 Å². The van der Waals surface area contributed by atoms with E-state index in [1.165, 1.54) is 13.1 Å². The Labute approximate surface area is 61.4 Å². The minimum atomic E-state index is 0. The molecule has 0 amide bonds. The van der Waals surface area contributed by atoms with Gasteiger partial charge in [0.1, 0.15) is 0 Å². The van der Waals surface area contributed by atoms with E-state index in [2.05, 4.69) is 5.32 Å². The zero-order valence-corrected chi connectivity index (χ0v) is 6.12. The average molecular weight is 150 g/mol. The first-order valence-electron chi connectivity index (χ1n) is 3.25. The van der Waals surface area contributed by atoms with Crippen molar-refractivity contribution >= 4 is 12.4 Å². The van der Waals surface area contributed by atoms with Gasteiger partial charge in [-0.1, -0.05) is 0 Å². The second-order valence-electron chi connectivity index (χ2n) is 2.72. The van der Waals surface area contributed by atoms with E-state index in [1.807, 2.05) is 0 Å². The van der Waals surface area contributed by atoms with Crippen LogP contribution in [0.1, 0.15) is 0 Å². The van der Waals surface area contributed by atoms with Gasteiger partial charge in [-0.25, -0.2) is 0 Å². The minimum absolute atomic E-state index is 0. The SMILES string of the molecule is C1NC[C@H]2COCC12.Cl. The number of rotatable bonds is 0. The van der Waals surface area contributed by atoms with Gasteiger partial charge in [0.15, 0.2) is 0 Å². The number of ether oxygens (including phenoxy) is 1. The van der Waals surface area contributed by atoms with Crippen LogP contribution >= 0.6 is 12.4 Å². The van der Waals surface area contributed by atoms with Crippen LogP contribution in [0.25, 0.3) is 0 Å². The highest BCUT2D eigenvalue weighted by atomic mass is 35.5. The highest BCUT2D eigenvalue weighted by molar-refractivity contribution is 5.85. The molecule has 2 saturated heterocycles. The molecule has 54 valence electrons. The standard InChI is InChI=1S/C6H11NO.ClH/c1-5-3-8-4-6(5)2-7-1;/h5-7H,1-4H2;1H/t5-,6?;/m0./s1. The number of nitrogens with one attached hydrogen (secondary N) is 1. The zero-order chi connectivity index (χ0) is 5.40. The van der Waals surface area contributed by atoms with Gasteiger partial charge in [-0.2, -0.15) is 0 Å². The third-order valence-electron chi connectivity index (χ3n) is 2.14. The number of hydrogen-bond donors (Lipinski definition) is 1. The maximum Gasteiger partial charge on any atom is 0.0510 e. The molecule has 0 aliphatic carbocycles. The second kappa shape index (κ2) is 2.86. The molecular formula is C6H12ClNO. The van der Waals surface area contributed by atoms with Gasteiger partial charge in [0.25, 0.3) is 0 Å². The summed E-state index contributed by atoms with van der Waals surface area (Å²) in [5.41, 5.74) is 0. The largest absolute Gasteiger partial charge is 0.381 e. The lowest BCUT2D eigenvalue weighted by Gasteiger charge is -1.99. The Morgan fingerprint density at radius 1 is 1.11 bits per heavy atom. The fourth-order valence-corrected chi connectivity index (χ4v) is 1.55. The minimum Gasteiger partial charge on any atom is -0.381 e. The fraction of sp³-hybridized carbons (Fsp3) is 1.00. The summed E-state index contributed by atoms with van der Waals surface area (Å²) in [5, 5.41) is 3.34. The second-order valence-corrected chi connectivity index (χ2v) is 2.72. The molecule has 2 aliphatic heterocycles. The summed E-state index contributed by atoms with van der Waals surface area (Å²) in [6.45, 7) is 4.37. The summed E-state index contributed by atoms with van der Waals surface area (Å²) in [6, 6.07) is 0. The lowest BCUT2D eigenvalue weighted by atomic mass is 10.0. The first-order valence-corrected chi connectivity index (χ1v) is 3.25. The summed E-state index contributed by atoms with van der Waals surface area (Å²) < 4.78 is 5.27. The van der Waals surface area contributed by atoms with Crippen LogP contribution in [-0.4, -0.2) is 26.3 Å². The van der Waals surface area contributed by atoms with Gasteiger partial charge in [-0.3, -0.25) is 0 Å². The molecule has 2 fully saturated rings. The Morgan fingerprint density at radius 3 is 2.22 bits per heavy atom. The number of fused-ring (bicyclic) bond motifs is 1. The summed E-state index contributed by atoms with van der Waals surface area (Å²) >= 11 is 0. The molecule has 2 rings (SSSR count). The van der Waals surface area contributed by atoms with Gasteiger partial charge in [0, 0.05) is 24.9 Å². The van der Waals surface area contributed by atoms with Crippen LogP contribution < -0.4 is 5.32 Å². The van der Waals surface area contributed by atoms with Gasteiger partial charge in [-0.05, 0) is 0 Å². The van der Waals surface area contributed by atoms with Gasteiger partial charge >= 0.3 is 0 Å². The third-order valence-corrected chi connectivity index (χ3v) is 2.14. The molecule has 0 aromatic rings. The first-order chi connectivity index (χ1) is 3.97. The fourth-order valence-electron chi connectivity index (χ4n) is 1.55. The molecule has 0 saturated carbocycles. The van der Waals surface area contributed by atoms with Crippen LogP contribution in [0.5, 0.6) is 0 Å². The van der Waals surface area contributed by atoms with E-state index in [0.29, 0.717) is 0 Å². The molecule has 2 aliphatic rings. The summed E-state index contributed by atoms with van der Waals surface area (Å²) in [4.78, 5) is 0. The molecule has 2 nitrogen and oxygen atoms in total. The van der Waals surface area contributed by atoms with Crippen molar-refractivity contribution in [3.05, 3.63) is 0 Å². The van der Waals surface area contributed by atoms with Crippen molar-refractivity contribution in [3.63, 3.8) is 0 Å².